The van der Waals surface area contributed by atoms with Crippen LogP contribution in [0.3, 0.4) is 0 Å². The second kappa shape index (κ2) is 6.06. The molecule has 0 aliphatic rings. The number of hydrogen-bond donors (Lipinski definition) is 1. The van der Waals surface area contributed by atoms with Crippen LogP contribution < -0.4 is 40.4 Å². The van der Waals surface area contributed by atoms with Gasteiger partial charge in [-0.1, -0.05) is 19.1 Å². The van der Waals surface area contributed by atoms with Gasteiger partial charge < -0.3 is 15.6 Å². The zero-order chi connectivity index (χ0) is 9.84. The van der Waals surface area contributed by atoms with Crippen LogP contribution in [0.25, 0.3) is 0 Å². The van der Waals surface area contributed by atoms with Gasteiger partial charge >= 0.3 is 29.6 Å². The van der Waals surface area contributed by atoms with Crippen LogP contribution in [0.2, 0.25) is 0 Å². The Morgan fingerprint density at radius 3 is 2.64 bits per heavy atom. The summed E-state index contributed by atoms with van der Waals surface area (Å²) in [6, 6.07) is 6.89. The first-order valence-electron chi connectivity index (χ1n) is 4.21. The largest absolute Gasteiger partial charge is 1.00 e. The average Bonchev–Trinajstić information content (AvgIpc) is 2.04. The Hall–Kier alpha value is -0.510. The van der Waals surface area contributed by atoms with Gasteiger partial charge in [-0.05, 0) is 24.1 Å². The predicted molar refractivity (Wildman–Crippen MR) is 48.9 cm³/mol. The number of nitrogen functional groups attached to an aromatic ring is 1. The summed E-state index contributed by atoms with van der Waals surface area (Å²) in [4.78, 5) is 10.7. The first-order chi connectivity index (χ1) is 6.15. The quantitative estimate of drug-likeness (QED) is 0.435. The topological polar surface area (TPSA) is 66.1 Å². The van der Waals surface area contributed by atoms with Crippen molar-refractivity contribution in [3.8, 4) is 0 Å². The first-order valence-corrected chi connectivity index (χ1v) is 4.21. The summed E-state index contributed by atoms with van der Waals surface area (Å²) in [6.07, 6.45) is 0.520. The molecular weight excluding hydrogens is 189 g/mol. The number of anilines is 1. The molecule has 1 aromatic carbocycles. The molecule has 1 atom stereocenters. The molecule has 0 bridgehead atoms. The van der Waals surface area contributed by atoms with E-state index >= 15 is 0 Å². The molecule has 0 radical (unpaired) electrons. The molecule has 0 aliphatic heterocycles. The Bertz CT molecular complexity index is 315. The number of hydrogen-bond acceptors (Lipinski definition) is 3. The molecule has 0 spiro atoms. The molecule has 1 aromatic rings. The van der Waals surface area contributed by atoms with Gasteiger partial charge in [-0.25, -0.2) is 0 Å². The number of carbonyl (C=O) groups excluding carboxylic acids is 1. The summed E-state index contributed by atoms with van der Waals surface area (Å²) in [6.45, 7) is 1.81. The summed E-state index contributed by atoms with van der Waals surface area (Å²) in [5.74, 6) is -1.60. The third-order valence-corrected chi connectivity index (χ3v) is 2.01. The second-order valence-electron chi connectivity index (χ2n) is 2.95. The molecule has 1 rings (SSSR count). The van der Waals surface area contributed by atoms with Gasteiger partial charge in [-0.2, -0.15) is 0 Å². The van der Waals surface area contributed by atoms with Gasteiger partial charge in [0.2, 0.25) is 0 Å². The first kappa shape index (κ1) is 13.5. The van der Waals surface area contributed by atoms with Crippen molar-refractivity contribution in [3.05, 3.63) is 29.8 Å². The van der Waals surface area contributed by atoms with Crippen molar-refractivity contribution in [1.82, 2.24) is 0 Å². The van der Waals surface area contributed by atoms with Gasteiger partial charge in [0, 0.05) is 17.6 Å². The number of nitrogens with two attached hydrogens (primary N) is 1. The number of rotatable bonds is 3. The van der Waals surface area contributed by atoms with E-state index < -0.39 is 11.9 Å². The fourth-order valence-corrected chi connectivity index (χ4v) is 1.31. The molecule has 0 aromatic heterocycles. The van der Waals surface area contributed by atoms with Crippen molar-refractivity contribution in [2.24, 2.45) is 0 Å². The SMILES string of the molecule is CCC(C(=O)[O-])c1cccc(N)c1.[Na+]. The Morgan fingerprint density at radius 2 is 2.21 bits per heavy atom. The molecule has 2 N–H and O–H groups in total. The standard InChI is InChI=1S/C10H13NO2.Na/c1-2-9(10(12)13)7-4-3-5-8(11)6-7;/h3-6,9H,2,11H2,1H3,(H,12,13);/q;+1/p-1. The van der Waals surface area contributed by atoms with Crippen molar-refractivity contribution in [2.45, 2.75) is 19.3 Å². The van der Waals surface area contributed by atoms with Gasteiger partial charge in [0.15, 0.2) is 0 Å². The molecule has 3 nitrogen and oxygen atoms in total. The zero-order valence-electron chi connectivity index (χ0n) is 8.49. The van der Waals surface area contributed by atoms with E-state index in [4.69, 9.17) is 5.73 Å². The Morgan fingerprint density at radius 1 is 1.57 bits per heavy atom. The molecule has 0 fully saturated rings. The predicted octanol–water partition coefficient (Wildman–Crippen LogP) is -2.48. The van der Waals surface area contributed by atoms with E-state index in [1.165, 1.54) is 0 Å². The fraction of sp³-hybridized carbons (Fsp3) is 0.300. The number of carboxylic acids is 1. The van der Waals surface area contributed by atoms with E-state index in [1.54, 1.807) is 24.3 Å². The van der Waals surface area contributed by atoms with Crippen molar-refractivity contribution >= 4 is 11.7 Å². The minimum Gasteiger partial charge on any atom is -0.549 e. The summed E-state index contributed by atoms with van der Waals surface area (Å²) >= 11 is 0. The number of aliphatic carboxylic acids is 1. The number of carboxylic acid groups (broad SMARTS) is 1. The summed E-state index contributed by atoms with van der Waals surface area (Å²) in [7, 11) is 0. The maximum atomic E-state index is 10.7. The molecule has 70 valence electrons. The van der Waals surface area contributed by atoms with Gasteiger partial charge in [-0.15, -0.1) is 0 Å². The van der Waals surface area contributed by atoms with Gasteiger partial charge in [-0.3, -0.25) is 0 Å². The van der Waals surface area contributed by atoms with E-state index in [9.17, 15) is 9.90 Å². The zero-order valence-corrected chi connectivity index (χ0v) is 10.5. The number of benzene rings is 1. The van der Waals surface area contributed by atoms with Crippen LogP contribution >= 0.6 is 0 Å². The molecule has 4 heteroatoms. The molecule has 0 heterocycles. The van der Waals surface area contributed by atoms with E-state index in [2.05, 4.69) is 0 Å². The molecule has 0 aliphatic carbocycles. The second-order valence-corrected chi connectivity index (χ2v) is 2.95. The maximum absolute atomic E-state index is 10.7. The average molecular weight is 201 g/mol. The van der Waals surface area contributed by atoms with Crippen molar-refractivity contribution in [3.63, 3.8) is 0 Å². The van der Waals surface area contributed by atoms with Gasteiger partial charge in [0.1, 0.15) is 0 Å². The molecule has 14 heavy (non-hydrogen) atoms. The van der Waals surface area contributed by atoms with Crippen LogP contribution in [0.4, 0.5) is 5.69 Å². The third kappa shape index (κ3) is 3.33. The normalized spacial score (nSPS) is 11.5. The van der Waals surface area contributed by atoms with Crippen molar-refractivity contribution in [1.29, 1.82) is 0 Å². The van der Waals surface area contributed by atoms with E-state index in [0.29, 0.717) is 17.7 Å². The Balaban J connectivity index is 0.00000169. The van der Waals surface area contributed by atoms with Crippen LogP contribution in [0.5, 0.6) is 0 Å². The van der Waals surface area contributed by atoms with Crippen LogP contribution in [-0.4, -0.2) is 5.97 Å². The van der Waals surface area contributed by atoms with E-state index in [0.717, 1.165) is 0 Å². The monoisotopic (exact) mass is 201 g/mol. The molecule has 0 amide bonds. The fourth-order valence-electron chi connectivity index (χ4n) is 1.31. The smallest absolute Gasteiger partial charge is 0.549 e. The third-order valence-electron chi connectivity index (χ3n) is 2.01. The van der Waals surface area contributed by atoms with Gasteiger partial charge in [0.05, 0.1) is 0 Å². The maximum Gasteiger partial charge on any atom is 1.00 e. The van der Waals surface area contributed by atoms with E-state index in [-0.39, 0.29) is 29.6 Å². The summed E-state index contributed by atoms with van der Waals surface area (Å²) < 4.78 is 0. The van der Waals surface area contributed by atoms with Gasteiger partial charge in [0.25, 0.3) is 0 Å². The van der Waals surface area contributed by atoms with Crippen molar-refractivity contribution < 1.29 is 39.5 Å². The molecule has 1 unspecified atom stereocenters. The molecule has 0 saturated carbocycles. The number of carbonyl (C=O) groups is 1. The summed E-state index contributed by atoms with van der Waals surface area (Å²) in [5, 5.41) is 10.7. The minimum atomic E-state index is -1.05. The van der Waals surface area contributed by atoms with Crippen LogP contribution in [0.1, 0.15) is 24.8 Å². The minimum absolute atomic E-state index is 0. The molecular formula is C10H12NNaO2. The van der Waals surface area contributed by atoms with Crippen molar-refractivity contribution in [2.75, 3.05) is 5.73 Å². The Labute approximate surface area is 106 Å². The Kier molecular flexibility index (Phi) is 5.84. The van der Waals surface area contributed by atoms with Crippen LogP contribution in [-0.2, 0) is 4.79 Å². The van der Waals surface area contributed by atoms with Crippen LogP contribution in [0, 0.1) is 0 Å². The summed E-state index contributed by atoms with van der Waals surface area (Å²) in [5.41, 5.74) is 6.83. The van der Waals surface area contributed by atoms with Crippen LogP contribution in [0.15, 0.2) is 24.3 Å². The van der Waals surface area contributed by atoms with E-state index in [1.807, 2.05) is 6.92 Å². The molecule has 0 saturated heterocycles.